The predicted octanol–water partition coefficient (Wildman–Crippen LogP) is 1.63. The zero-order valence-corrected chi connectivity index (χ0v) is 14.9. The van der Waals surface area contributed by atoms with Gasteiger partial charge in [0.15, 0.2) is 0 Å². The van der Waals surface area contributed by atoms with Gasteiger partial charge < -0.3 is 20.3 Å². The van der Waals surface area contributed by atoms with Crippen molar-refractivity contribution in [2.24, 2.45) is 5.73 Å². The zero-order chi connectivity index (χ0) is 17.3. The summed E-state index contributed by atoms with van der Waals surface area (Å²) in [4.78, 5) is 21.4. The Hall–Kier alpha value is -1.66. The van der Waals surface area contributed by atoms with Gasteiger partial charge in [0.1, 0.15) is 6.10 Å². The van der Waals surface area contributed by atoms with Crippen LogP contribution >= 0.6 is 0 Å². The van der Waals surface area contributed by atoms with Gasteiger partial charge >= 0.3 is 0 Å². The van der Waals surface area contributed by atoms with E-state index in [-0.39, 0.29) is 12.0 Å². The summed E-state index contributed by atoms with van der Waals surface area (Å²) in [5.41, 5.74) is 8.61. The van der Waals surface area contributed by atoms with Crippen LogP contribution in [0, 0.1) is 6.92 Å². The maximum Gasteiger partial charge on any atom is 0.242 e. The average Bonchev–Trinajstić information content (AvgIpc) is 3.01. The summed E-state index contributed by atoms with van der Waals surface area (Å²) in [6.45, 7) is 3.65. The Morgan fingerprint density at radius 1 is 1.38 bits per heavy atom. The number of carbonyl (C=O) groups is 1. The second kappa shape index (κ2) is 6.69. The van der Waals surface area contributed by atoms with Crippen LogP contribution in [0.15, 0.2) is 12.1 Å². The van der Waals surface area contributed by atoms with Gasteiger partial charge in [-0.1, -0.05) is 12.8 Å². The normalized spacial score (nSPS) is 23.3. The lowest BCUT2D eigenvalue weighted by Gasteiger charge is -2.37. The fourth-order valence-electron chi connectivity index (χ4n) is 3.65. The molecule has 2 N–H and O–H groups in total. The zero-order valence-electron chi connectivity index (χ0n) is 14.9. The molecule has 132 valence electrons. The van der Waals surface area contributed by atoms with Crippen LogP contribution in [0.5, 0.6) is 0 Å². The first-order valence-corrected chi connectivity index (χ1v) is 8.75. The molecule has 0 radical (unpaired) electrons. The number of carbonyl (C=O) groups excluding carboxylic acids is 1. The van der Waals surface area contributed by atoms with Crippen molar-refractivity contribution < 1.29 is 9.53 Å². The summed E-state index contributed by atoms with van der Waals surface area (Å²) in [5, 5.41) is 0. The van der Waals surface area contributed by atoms with Crippen molar-refractivity contribution in [3.63, 3.8) is 0 Å². The molecular weight excluding hydrogens is 304 g/mol. The highest BCUT2D eigenvalue weighted by Gasteiger charge is 2.41. The molecule has 1 amide bonds. The Bertz CT molecular complexity index is 611. The van der Waals surface area contributed by atoms with Gasteiger partial charge in [-0.15, -0.1) is 0 Å². The van der Waals surface area contributed by atoms with E-state index in [1.807, 2.05) is 38.1 Å². The van der Waals surface area contributed by atoms with Crippen LogP contribution in [0.2, 0.25) is 0 Å². The quantitative estimate of drug-likeness (QED) is 0.911. The number of pyridine rings is 1. The van der Waals surface area contributed by atoms with Gasteiger partial charge in [0.2, 0.25) is 5.91 Å². The van der Waals surface area contributed by atoms with Crippen LogP contribution in [0.4, 0.5) is 5.69 Å². The van der Waals surface area contributed by atoms with Gasteiger partial charge in [0, 0.05) is 32.0 Å². The number of aromatic nitrogens is 1. The summed E-state index contributed by atoms with van der Waals surface area (Å²) in [6.07, 6.45) is 3.48. The van der Waals surface area contributed by atoms with Crippen molar-refractivity contribution in [1.29, 1.82) is 0 Å². The van der Waals surface area contributed by atoms with E-state index in [0.29, 0.717) is 19.7 Å². The Balaban J connectivity index is 1.77. The molecule has 1 aliphatic heterocycles. The van der Waals surface area contributed by atoms with Crippen LogP contribution in [-0.4, -0.2) is 55.1 Å². The van der Waals surface area contributed by atoms with Crippen molar-refractivity contribution in [2.75, 3.05) is 38.7 Å². The van der Waals surface area contributed by atoms with E-state index < -0.39 is 5.54 Å². The molecule has 1 aliphatic carbocycles. The van der Waals surface area contributed by atoms with Gasteiger partial charge in [0.05, 0.1) is 24.4 Å². The summed E-state index contributed by atoms with van der Waals surface area (Å²) < 4.78 is 5.91. The van der Waals surface area contributed by atoms with E-state index in [4.69, 9.17) is 10.5 Å². The van der Waals surface area contributed by atoms with Gasteiger partial charge in [-0.05, 0) is 31.9 Å². The van der Waals surface area contributed by atoms with Crippen LogP contribution in [0.25, 0.3) is 0 Å². The highest BCUT2D eigenvalue weighted by atomic mass is 16.5. The van der Waals surface area contributed by atoms with E-state index in [9.17, 15) is 4.79 Å². The third kappa shape index (κ3) is 3.39. The number of ether oxygens (including phenoxy) is 1. The fraction of sp³-hybridized carbons (Fsp3) is 0.667. The maximum atomic E-state index is 12.9. The smallest absolute Gasteiger partial charge is 0.242 e. The van der Waals surface area contributed by atoms with Crippen molar-refractivity contribution in [2.45, 2.75) is 44.2 Å². The lowest BCUT2D eigenvalue weighted by Crippen LogP contribution is -2.56. The first kappa shape index (κ1) is 17.2. The molecule has 6 nitrogen and oxygen atoms in total. The lowest BCUT2D eigenvalue weighted by molar-refractivity contribution is -0.144. The molecule has 0 spiro atoms. The van der Waals surface area contributed by atoms with E-state index in [1.54, 1.807) is 0 Å². The topological polar surface area (TPSA) is 71.7 Å². The molecule has 1 aromatic heterocycles. The summed E-state index contributed by atoms with van der Waals surface area (Å²) in [5.74, 6) is 0.0776. The van der Waals surface area contributed by atoms with E-state index in [2.05, 4.69) is 9.88 Å². The standard InChI is InChI=1S/C18H28N4O2/c1-13-10-14(21(2)3)11-15(20-13)16-12-22(8-9-24-16)17(23)18(19)6-4-5-7-18/h10-11,16H,4-9,12,19H2,1-3H3. The highest BCUT2D eigenvalue weighted by Crippen LogP contribution is 2.31. The highest BCUT2D eigenvalue weighted by molar-refractivity contribution is 5.86. The minimum absolute atomic E-state index is 0.0776. The molecule has 2 fully saturated rings. The van der Waals surface area contributed by atoms with E-state index >= 15 is 0 Å². The number of amides is 1. The first-order chi connectivity index (χ1) is 11.4. The first-order valence-electron chi connectivity index (χ1n) is 8.75. The van der Waals surface area contributed by atoms with Gasteiger partial charge in [-0.2, -0.15) is 0 Å². The number of anilines is 1. The fourth-order valence-corrected chi connectivity index (χ4v) is 3.65. The molecule has 3 rings (SSSR count). The minimum Gasteiger partial charge on any atom is -0.378 e. The Labute approximate surface area is 144 Å². The Morgan fingerprint density at radius 2 is 2.08 bits per heavy atom. The molecule has 2 aliphatic rings. The van der Waals surface area contributed by atoms with Crippen LogP contribution in [-0.2, 0) is 9.53 Å². The molecule has 1 unspecified atom stereocenters. The molecule has 0 aromatic carbocycles. The van der Waals surface area contributed by atoms with E-state index in [0.717, 1.165) is 42.8 Å². The number of hydrogen-bond acceptors (Lipinski definition) is 5. The summed E-state index contributed by atoms with van der Waals surface area (Å²) in [7, 11) is 4.02. The summed E-state index contributed by atoms with van der Waals surface area (Å²) in [6, 6.07) is 4.09. The Morgan fingerprint density at radius 3 is 2.75 bits per heavy atom. The van der Waals surface area contributed by atoms with Gasteiger partial charge in [-0.25, -0.2) is 0 Å². The maximum absolute atomic E-state index is 12.9. The molecule has 1 atom stereocenters. The lowest BCUT2D eigenvalue weighted by atomic mass is 9.96. The van der Waals surface area contributed by atoms with E-state index in [1.165, 1.54) is 0 Å². The molecule has 0 bridgehead atoms. The van der Waals surface area contributed by atoms with Crippen LogP contribution < -0.4 is 10.6 Å². The Kier molecular flexibility index (Phi) is 4.78. The molecule has 1 aromatic rings. The monoisotopic (exact) mass is 332 g/mol. The summed E-state index contributed by atoms with van der Waals surface area (Å²) >= 11 is 0. The number of morpholine rings is 1. The molecule has 6 heteroatoms. The number of hydrogen-bond donors (Lipinski definition) is 1. The van der Waals surface area contributed by atoms with Crippen molar-refractivity contribution in [3.05, 3.63) is 23.5 Å². The number of rotatable bonds is 3. The second-order valence-corrected chi connectivity index (χ2v) is 7.26. The predicted molar refractivity (Wildman–Crippen MR) is 94.0 cm³/mol. The largest absolute Gasteiger partial charge is 0.378 e. The second-order valence-electron chi connectivity index (χ2n) is 7.26. The third-order valence-electron chi connectivity index (χ3n) is 5.08. The number of nitrogens with two attached hydrogens (primary N) is 1. The molecule has 24 heavy (non-hydrogen) atoms. The van der Waals surface area contributed by atoms with Crippen LogP contribution in [0.3, 0.4) is 0 Å². The number of nitrogens with zero attached hydrogens (tertiary/aromatic N) is 3. The van der Waals surface area contributed by atoms with Gasteiger partial charge in [0.25, 0.3) is 0 Å². The minimum atomic E-state index is -0.670. The van der Waals surface area contributed by atoms with Gasteiger partial charge in [-0.3, -0.25) is 9.78 Å². The SMILES string of the molecule is Cc1cc(N(C)C)cc(C2CN(C(=O)C3(N)CCCC3)CCO2)n1. The number of aryl methyl sites for hydroxylation is 1. The molecular formula is C18H28N4O2. The molecule has 1 saturated heterocycles. The molecule has 2 heterocycles. The van der Waals surface area contributed by atoms with Crippen LogP contribution in [0.1, 0.15) is 43.2 Å². The third-order valence-corrected chi connectivity index (χ3v) is 5.08. The molecule has 1 saturated carbocycles. The van der Waals surface area contributed by atoms with Crippen molar-refractivity contribution in [3.8, 4) is 0 Å². The van der Waals surface area contributed by atoms with Crippen molar-refractivity contribution in [1.82, 2.24) is 9.88 Å². The average molecular weight is 332 g/mol. The van der Waals surface area contributed by atoms with Crippen molar-refractivity contribution >= 4 is 11.6 Å².